The van der Waals surface area contributed by atoms with Crippen LogP contribution in [0, 0.1) is 22.7 Å². The Labute approximate surface area is 165 Å². The van der Waals surface area contributed by atoms with E-state index in [1.54, 1.807) is 0 Å². The molecule has 2 aliphatic carbocycles. The molecule has 0 aromatic heterocycles. The zero-order chi connectivity index (χ0) is 20.9. The van der Waals surface area contributed by atoms with E-state index in [1.165, 1.54) is 27.0 Å². The number of ether oxygens (including phenoxy) is 4. The lowest BCUT2D eigenvalue weighted by Crippen LogP contribution is -2.63. The Morgan fingerprint density at radius 1 is 0.964 bits per heavy atom. The van der Waals surface area contributed by atoms with E-state index in [0.29, 0.717) is 5.57 Å². The zero-order valence-corrected chi connectivity index (χ0v) is 17.4. The minimum atomic E-state index is -0.773. The minimum absolute atomic E-state index is 0.0936. The van der Waals surface area contributed by atoms with Crippen molar-refractivity contribution in [1.29, 1.82) is 0 Å². The Morgan fingerprint density at radius 3 is 2.14 bits per heavy atom. The largest absolute Gasteiger partial charge is 0.462 e. The van der Waals surface area contributed by atoms with E-state index in [-0.39, 0.29) is 22.7 Å². The lowest BCUT2D eigenvalue weighted by Gasteiger charge is -2.60. The van der Waals surface area contributed by atoms with Gasteiger partial charge in [0.1, 0.15) is 6.10 Å². The molecule has 6 atom stereocenters. The number of carbonyl (C=O) groups is 3. The number of carbonyl (C=O) groups excluding carboxylic acids is 3. The molecule has 1 heterocycles. The molecule has 3 rings (SSSR count). The Morgan fingerprint density at radius 2 is 1.57 bits per heavy atom. The van der Waals surface area contributed by atoms with Crippen LogP contribution in [-0.4, -0.2) is 36.4 Å². The molecule has 0 aromatic carbocycles. The molecule has 7 nitrogen and oxygen atoms in total. The summed E-state index contributed by atoms with van der Waals surface area (Å²) in [7, 11) is 0. The molecular formula is C21H30O7. The highest BCUT2D eigenvalue weighted by molar-refractivity contribution is 5.68. The van der Waals surface area contributed by atoms with Crippen LogP contribution in [-0.2, 0) is 33.3 Å². The van der Waals surface area contributed by atoms with Crippen molar-refractivity contribution in [2.24, 2.45) is 22.7 Å². The van der Waals surface area contributed by atoms with Gasteiger partial charge >= 0.3 is 17.9 Å². The molecular weight excluding hydrogens is 364 g/mol. The molecule has 0 aromatic rings. The summed E-state index contributed by atoms with van der Waals surface area (Å²) in [4.78, 5) is 35.5. The summed E-state index contributed by atoms with van der Waals surface area (Å²) in [6, 6.07) is 0. The van der Waals surface area contributed by atoms with Crippen LogP contribution in [0.2, 0.25) is 0 Å². The molecule has 1 aliphatic heterocycles. The van der Waals surface area contributed by atoms with Gasteiger partial charge in [-0.3, -0.25) is 14.4 Å². The van der Waals surface area contributed by atoms with E-state index in [9.17, 15) is 14.4 Å². The molecule has 0 N–H and O–H groups in total. The standard InChI is InChI=1S/C21H30O7/c1-11(22)26-16-14-10-25-19(28-13(3)24)15(14)21(6)9-7-8-20(4,5)18(21)17(16)27-12(2)23/h10,15-19H,7-9H2,1-6H3/t15?,16-,17+,18-,19-,21+/m0/s1. The summed E-state index contributed by atoms with van der Waals surface area (Å²) < 4.78 is 22.6. The third-order valence-corrected chi connectivity index (χ3v) is 6.60. The van der Waals surface area contributed by atoms with Crippen molar-refractivity contribution in [3.8, 4) is 0 Å². The van der Waals surface area contributed by atoms with Crippen molar-refractivity contribution in [3.63, 3.8) is 0 Å². The Bertz CT molecular complexity index is 710. The SMILES string of the molecule is CC(=O)O[C@@H]1OC=C2C1[C@@]1(C)CCCC(C)(C)[C@@H]1[C@H](OC(C)=O)[C@H]2OC(C)=O. The fraction of sp³-hybridized carbons (Fsp3) is 0.762. The molecule has 156 valence electrons. The molecule has 2 saturated carbocycles. The van der Waals surface area contributed by atoms with Crippen LogP contribution in [0.1, 0.15) is 60.8 Å². The van der Waals surface area contributed by atoms with Crippen LogP contribution in [0.25, 0.3) is 0 Å². The second-order valence-electron chi connectivity index (χ2n) is 9.14. The van der Waals surface area contributed by atoms with Crippen LogP contribution < -0.4 is 0 Å². The highest BCUT2D eigenvalue weighted by atomic mass is 16.7. The van der Waals surface area contributed by atoms with Gasteiger partial charge in [-0.1, -0.05) is 27.2 Å². The van der Waals surface area contributed by atoms with Crippen molar-refractivity contribution >= 4 is 17.9 Å². The van der Waals surface area contributed by atoms with Gasteiger partial charge in [0.15, 0.2) is 6.10 Å². The molecule has 0 spiro atoms. The van der Waals surface area contributed by atoms with Crippen LogP contribution in [0.3, 0.4) is 0 Å². The normalized spacial score (nSPS) is 38.2. The summed E-state index contributed by atoms with van der Waals surface area (Å²) in [6.07, 6.45) is 2.20. The van der Waals surface area contributed by atoms with Gasteiger partial charge in [-0.2, -0.15) is 0 Å². The predicted molar refractivity (Wildman–Crippen MR) is 98.5 cm³/mol. The van der Waals surface area contributed by atoms with Crippen molar-refractivity contribution in [1.82, 2.24) is 0 Å². The quantitative estimate of drug-likeness (QED) is 0.537. The first kappa shape index (κ1) is 20.7. The third-order valence-electron chi connectivity index (χ3n) is 6.60. The Hall–Kier alpha value is -2.05. The summed E-state index contributed by atoms with van der Waals surface area (Å²) in [5, 5.41) is 0. The fourth-order valence-corrected chi connectivity index (χ4v) is 5.95. The van der Waals surface area contributed by atoms with E-state index in [2.05, 4.69) is 20.8 Å². The Kier molecular flexibility index (Phi) is 5.23. The molecule has 0 bridgehead atoms. The van der Waals surface area contributed by atoms with Crippen molar-refractivity contribution in [3.05, 3.63) is 11.8 Å². The highest BCUT2D eigenvalue weighted by Gasteiger charge is 2.66. The second kappa shape index (κ2) is 7.08. The summed E-state index contributed by atoms with van der Waals surface area (Å²) in [5.74, 6) is -1.67. The van der Waals surface area contributed by atoms with Gasteiger partial charge in [-0.25, -0.2) is 0 Å². The van der Waals surface area contributed by atoms with Crippen molar-refractivity contribution in [2.45, 2.75) is 79.3 Å². The number of fused-ring (bicyclic) bond motifs is 3. The molecule has 3 aliphatic rings. The summed E-state index contributed by atoms with van der Waals surface area (Å²) in [5.41, 5.74) is 0.200. The minimum Gasteiger partial charge on any atom is -0.462 e. The van der Waals surface area contributed by atoms with Crippen molar-refractivity contribution < 1.29 is 33.3 Å². The van der Waals surface area contributed by atoms with Gasteiger partial charge in [-0.05, 0) is 23.7 Å². The van der Waals surface area contributed by atoms with E-state index in [4.69, 9.17) is 18.9 Å². The summed E-state index contributed by atoms with van der Waals surface area (Å²) >= 11 is 0. The lowest BCUT2D eigenvalue weighted by molar-refractivity contribution is -0.221. The van der Waals surface area contributed by atoms with Crippen LogP contribution in [0.5, 0.6) is 0 Å². The predicted octanol–water partition coefficient (Wildman–Crippen LogP) is 3.12. The molecule has 28 heavy (non-hydrogen) atoms. The topological polar surface area (TPSA) is 88.1 Å². The van der Waals surface area contributed by atoms with Gasteiger partial charge in [0.2, 0.25) is 0 Å². The van der Waals surface area contributed by atoms with Gasteiger partial charge in [0.25, 0.3) is 6.29 Å². The molecule has 0 saturated heterocycles. The van der Waals surface area contributed by atoms with Gasteiger partial charge in [0.05, 0.1) is 12.2 Å². The van der Waals surface area contributed by atoms with Crippen LogP contribution in [0.4, 0.5) is 0 Å². The van der Waals surface area contributed by atoms with E-state index in [0.717, 1.165) is 19.3 Å². The fourth-order valence-electron chi connectivity index (χ4n) is 5.95. The average Bonchev–Trinajstić information content (AvgIpc) is 2.93. The first-order valence-electron chi connectivity index (χ1n) is 9.84. The number of hydrogen-bond acceptors (Lipinski definition) is 7. The number of hydrogen-bond donors (Lipinski definition) is 0. The maximum atomic E-state index is 12.0. The van der Waals surface area contributed by atoms with E-state index >= 15 is 0 Å². The number of rotatable bonds is 3. The molecule has 0 amide bonds. The monoisotopic (exact) mass is 394 g/mol. The average molecular weight is 394 g/mol. The van der Waals surface area contributed by atoms with E-state index in [1.807, 2.05) is 0 Å². The number of esters is 3. The van der Waals surface area contributed by atoms with E-state index < -0.39 is 36.4 Å². The molecule has 2 fully saturated rings. The molecule has 0 radical (unpaired) electrons. The smallest absolute Gasteiger partial charge is 0.305 e. The molecule has 7 heteroatoms. The van der Waals surface area contributed by atoms with Gasteiger partial charge in [0, 0.05) is 32.3 Å². The first-order chi connectivity index (χ1) is 13.0. The van der Waals surface area contributed by atoms with Gasteiger partial charge in [-0.15, -0.1) is 0 Å². The van der Waals surface area contributed by atoms with Crippen LogP contribution >= 0.6 is 0 Å². The lowest BCUT2D eigenvalue weighted by atomic mass is 9.46. The van der Waals surface area contributed by atoms with Gasteiger partial charge < -0.3 is 18.9 Å². The Balaban J connectivity index is 2.13. The second-order valence-corrected chi connectivity index (χ2v) is 9.14. The maximum Gasteiger partial charge on any atom is 0.305 e. The first-order valence-corrected chi connectivity index (χ1v) is 9.84. The molecule has 1 unspecified atom stereocenters. The van der Waals surface area contributed by atoms with Crippen LogP contribution in [0.15, 0.2) is 11.8 Å². The summed E-state index contributed by atoms with van der Waals surface area (Å²) in [6.45, 7) is 10.5. The zero-order valence-electron chi connectivity index (χ0n) is 17.4. The van der Waals surface area contributed by atoms with Crippen molar-refractivity contribution in [2.75, 3.05) is 0 Å². The highest BCUT2D eigenvalue weighted by Crippen LogP contribution is 2.64. The third kappa shape index (κ3) is 3.40. The maximum absolute atomic E-state index is 12.0.